The van der Waals surface area contributed by atoms with Crippen molar-refractivity contribution >= 4 is 0 Å². The fraction of sp³-hybridized carbons (Fsp3) is 0.538. The molecule has 1 aromatic carbocycles. The van der Waals surface area contributed by atoms with Gasteiger partial charge in [-0.05, 0) is 38.5 Å². The summed E-state index contributed by atoms with van der Waals surface area (Å²) in [7, 11) is 0. The molecule has 0 aliphatic carbocycles. The van der Waals surface area contributed by atoms with E-state index in [1.165, 1.54) is 6.07 Å². The van der Waals surface area contributed by atoms with Crippen molar-refractivity contribution in [2.45, 2.75) is 45.5 Å². The Kier molecular flexibility index (Phi) is 4.27. The van der Waals surface area contributed by atoms with Gasteiger partial charge in [0.1, 0.15) is 11.4 Å². The van der Waals surface area contributed by atoms with Crippen LogP contribution < -0.4 is 10.5 Å². The molecule has 0 aliphatic rings. The number of rotatable bonds is 4. The molecule has 0 atom stereocenters. The van der Waals surface area contributed by atoms with Gasteiger partial charge in [0, 0.05) is 12.1 Å². The maximum atomic E-state index is 12.6. The molecule has 0 unspecified atom stereocenters. The van der Waals surface area contributed by atoms with E-state index in [2.05, 4.69) is 0 Å². The SMILES string of the molecule is CCC(C)(C)Oc1ccc(C(F)(F)F)cc1CN. The van der Waals surface area contributed by atoms with Crippen molar-refractivity contribution in [3.05, 3.63) is 29.3 Å². The third kappa shape index (κ3) is 3.63. The Morgan fingerprint density at radius 2 is 1.83 bits per heavy atom. The number of halogens is 3. The van der Waals surface area contributed by atoms with Gasteiger partial charge in [0.05, 0.1) is 5.56 Å². The maximum absolute atomic E-state index is 12.6. The van der Waals surface area contributed by atoms with Crippen LogP contribution in [0.1, 0.15) is 38.3 Å². The van der Waals surface area contributed by atoms with Crippen molar-refractivity contribution in [3.63, 3.8) is 0 Å². The lowest BCUT2D eigenvalue weighted by Crippen LogP contribution is -2.27. The molecule has 0 saturated carbocycles. The first-order chi connectivity index (χ1) is 8.19. The van der Waals surface area contributed by atoms with Crippen molar-refractivity contribution < 1.29 is 17.9 Å². The van der Waals surface area contributed by atoms with E-state index in [1.807, 2.05) is 20.8 Å². The lowest BCUT2D eigenvalue weighted by atomic mass is 10.1. The van der Waals surface area contributed by atoms with Gasteiger partial charge in [-0.2, -0.15) is 13.2 Å². The van der Waals surface area contributed by atoms with Crippen LogP contribution in [0, 0.1) is 0 Å². The summed E-state index contributed by atoms with van der Waals surface area (Å²) in [4.78, 5) is 0. The van der Waals surface area contributed by atoms with Crippen molar-refractivity contribution in [1.82, 2.24) is 0 Å². The average Bonchev–Trinajstić information content (AvgIpc) is 2.27. The zero-order valence-corrected chi connectivity index (χ0v) is 10.8. The van der Waals surface area contributed by atoms with Crippen molar-refractivity contribution in [3.8, 4) is 5.75 Å². The van der Waals surface area contributed by atoms with Crippen molar-refractivity contribution in [2.24, 2.45) is 5.73 Å². The van der Waals surface area contributed by atoms with E-state index < -0.39 is 17.3 Å². The van der Waals surface area contributed by atoms with E-state index >= 15 is 0 Å². The summed E-state index contributed by atoms with van der Waals surface area (Å²) in [5, 5.41) is 0. The first-order valence-corrected chi connectivity index (χ1v) is 5.79. The first-order valence-electron chi connectivity index (χ1n) is 5.79. The number of nitrogens with two attached hydrogens (primary N) is 1. The minimum Gasteiger partial charge on any atom is -0.488 e. The molecular weight excluding hydrogens is 243 g/mol. The second kappa shape index (κ2) is 5.18. The Morgan fingerprint density at radius 1 is 1.22 bits per heavy atom. The molecule has 0 fully saturated rings. The third-order valence-electron chi connectivity index (χ3n) is 2.85. The summed E-state index contributed by atoms with van der Waals surface area (Å²) in [6, 6.07) is 3.39. The highest BCUT2D eigenvalue weighted by Crippen LogP contribution is 2.33. The summed E-state index contributed by atoms with van der Waals surface area (Å²) in [6.45, 7) is 5.72. The minimum atomic E-state index is -4.36. The van der Waals surface area contributed by atoms with Crippen molar-refractivity contribution in [1.29, 1.82) is 0 Å². The highest BCUT2D eigenvalue weighted by Gasteiger charge is 2.31. The van der Waals surface area contributed by atoms with Gasteiger partial charge in [-0.15, -0.1) is 0 Å². The smallest absolute Gasteiger partial charge is 0.416 e. The highest BCUT2D eigenvalue weighted by molar-refractivity contribution is 5.38. The molecule has 1 aromatic rings. The second-order valence-electron chi connectivity index (χ2n) is 4.74. The fourth-order valence-electron chi connectivity index (χ4n) is 1.38. The Balaban J connectivity index is 3.09. The van der Waals surface area contributed by atoms with E-state index in [-0.39, 0.29) is 6.54 Å². The number of hydrogen-bond donors (Lipinski definition) is 1. The van der Waals surface area contributed by atoms with Crippen LogP contribution in [-0.2, 0) is 12.7 Å². The fourth-order valence-corrected chi connectivity index (χ4v) is 1.38. The predicted molar refractivity (Wildman–Crippen MR) is 64.3 cm³/mol. The van der Waals surface area contributed by atoms with Gasteiger partial charge in [-0.1, -0.05) is 6.92 Å². The first kappa shape index (κ1) is 14.8. The molecule has 0 aliphatic heterocycles. The topological polar surface area (TPSA) is 35.2 Å². The number of ether oxygens (including phenoxy) is 1. The van der Waals surface area contributed by atoms with Gasteiger partial charge in [0.15, 0.2) is 0 Å². The molecule has 2 N–H and O–H groups in total. The maximum Gasteiger partial charge on any atom is 0.416 e. The molecular formula is C13H18F3NO. The molecule has 102 valence electrons. The van der Waals surface area contributed by atoms with Crippen LogP contribution in [0.5, 0.6) is 5.75 Å². The molecule has 0 heterocycles. The van der Waals surface area contributed by atoms with Crippen LogP contribution >= 0.6 is 0 Å². The summed E-state index contributed by atoms with van der Waals surface area (Å²) in [5.74, 6) is 0.414. The van der Waals surface area contributed by atoms with E-state index in [0.29, 0.717) is 11.3 Å². The average molecular weight is 261 g/mol. The van der Waals surface area contributed by atoms with Crippen LogP contribution in [0.15, 0.2) is 18.2 Å². The van der Waals surface area contributed by atoms with Crippen LogP contribution in [-0.4, -0.2) is 5.60 Å². The van der Waals surface area contributed by atoms with E-state index in [1.54, 1.807) is 0 Å². The lowest BCUT2D eigenvalue weighted by Gasteiger charge is -2.26. The highest BCUT2D eigenvalue weighted by atomic mass is 19.4. The second-order valence-corrected chi connectivity index (χ2v) is 4.74. The lowest BCUT2D eigenvalue weighted by molar-refractivity contribution is -0.137. The standard InChI is InChI=1S/C13H18F3NO/c1-4-12(2,3)18-11-6-5-10(13(14,15)16)7-9(11)8-17/h5-7H,4,8,17H2,1-3H3. The Morgan fingerprint density at radius 3 is 2.28 bits per heavy atom. The molecule has 0 aromatic heterocycles. The van der Waals surface area contributed by atoms with Crippen LogP contribution in [0.3, 0.4) is 0 Å². The number of alkyl halides is 3. The molecule has 0 bridgehead atoms. The Bertz CT molecular complexity index is 413. The van der Waals surface area contributed by atoms with Gasteiger partial charge in [0.2, 0.25) is 0 Å². The molecule has 18 heavy (non-hydrogen) atoms. The third-order valence-corrected chi connectivity index (χ3v) is 2.85. The van der Waals surface area contributed by atoms with E-state index in [9.17, 15) is 13.2 Å². The van der Waals surface area contributed by atoms with Gasteiger partial charge >= 0.3 is 6.18 Å². The molecule has 0 radical (unpaired) electrons. The largest absolute Gasteiger partial charge is 0.488 e. The summed E-state index contributed by atoms with van der Waals surface area (Å²) in [6.07, 6.45) is -3.61. The van der Waals surface area contributed by atoms with Gasteiger partial charge in [-0.25, -0.2) is 0 Å². The molecule has 1 rings (SSSR count). The molecule has 5 heteroatoms. The van der Waals surface area contributed by atoms with Gasteiger partial charge < -0.3 is 10.5 Å². The Hall–Kier alpha value is -1.23. The zero-order valence-electron chi connectivity index (χ0n) is 10.8. The van der Waals surface area contributed by atoms with Gasteiger partial charge in [0.25, 0.3) is 0 Å². The molecule has 0 spiro atoms. The molecule has 0 saturated heterocycles. The quantitative estimate of drug-likeness (QED) is 0.896. The zero-order chi connectivity index (χ0) is 14.0. The molecule has 0 amide bonds. The number of benzene rings is 1. The Labute approximate surface area is 105 Å². The van der Waals surface area contributed by atoms with E-state index in [4.69, 9.17) is 10.5 Å². The van der Waals surface area contributed by atoms with Crippen LogP contribution in [0.4, 0.5) is 13.2 Å². The summed E-state index contributed by atoms with van der Waals surface area (Å²) in [5.41, 5.74) is 4.71. The summed E-state index contributed by atoms with van der Waals surface area (Å²) >= 11 is 0. The van der Waals surface area contributed by atoms with Gasteiger partial charge in [-0.3, -0.25) is 0 Å². The summed E-state index contributed by atoms with van der Waals surface area (Å²) < 4.78 is 43.4. The van der Waals surface area contributed by atoms with Crippen molar-refractivity contribution in [2.75, 3.05) is 0 Å². The minimum absolute atomic E-state index is 0.0129. The number of hydrogen-bond acceptors (Lipinski definition) is 2. The monoisotopic (exact) mass is 261 g/mol. The molecule has 2 nitrogen and oxygen atoms in total. The van der Waals surface area contributed by atoms with Crippen LogP contribution in [0.2, 0.25) is 0 Å². The normalized spacial score (nSPS) is 12.6. The predicted octanol–water partition coefficient (Wildman–Crippen LogP) is 3.73. The van der Waals surface area contributed by atoms with Crippen LogP contribution in [0.25, 0.3) is 0 Å². The van der Waals surface area contributed by atoms with E-state index in [0.717, 1.165) is 18.6 Å².